The first-order valence-electron chi connectivity index (χ1n) is 9.68. The number of fused-ring (bicyclic) bond motifs is 1. The first kappa shape index (κ1) is 17.1. The molecule has 1 aromatic carbocycles. The first-order valence-corrected chi connectivity index (χ1v) is 9.68. The molecular weight excluding hydrogens is 352 g/mol. The highest BCUT2D eigenvalue weighted by atomic mass is 16.2. The monoisotopic (exact) mass is 374 g/mol. The maximum atomic E-state index is 12.8. The third-order valence-electron chi connectivity index (χ3n) is 5.67. The molecule has 0 bridgehead atoms. The van der Waals surface area contributed by atoms with Crippen LogP contribution in [0.2, 0.25) is 0 Å². The number of benzene rings is 1. The van der Waals surface area contributed by atoms with E-state index in [-0.39, 0.29) is 5.91 Å². The lowest BCUT2D eigenvalue weighted by Crippen LogP contribution is -2.64. The van der Waals surface area contributed by atoms with E-state index in [4.69, 9.17) is 0 Å². The highest BCUT2D eigenvalue weighted by Gasteiger charge is 2.36. The number of hydrogen-bond donors (Lipinski definition) is 0. The molecule has 0 atom stereocenters. The number of rotatable bonds is 3. The van der Waals surface area contributed by atoms with Crippen molar-refractivity contribution in [3.05, 3.63) is 60.6 Å². The van der Waals surface area contributed by atoms with Crippen LogP contribution in [0, 0.1) is 0 Å². The summed E-state index contributed by atoms with van der Waals surface area (Å²) < 4.78 is 0. The average molecular weight is 374 g/mol. The number of anilines is 1. The smallest absolute Gasteiger partial charge is 0.254 e. The fourth-order valence-corrected chi connectivity index (χ4v) is 3.99. The number of pyridine rings is 1. The van der Waals surface area contributed by atoms with Crippen LogP contribution in [-0.2, 0) is 0 Å². The number of amides is 1. The van der Waals surface area contributed by atoms with Gasteiger partial charge in [-0.2, -0.15) is 0 Å². The Morgan fingerprint density at radius 3 is 2.39 bits per heavy atom. The minimum Gasteiger partial charge on any atom is -0.354 e. The molecule has 0 aliphatic carbocycles. The number of likely N-dealkylation sites (tertiary alicyclic amines) is 1. The summed E-state index contributed by atoms with van der Waals surface area (Å²) in [5, 5.41) is 0. The maximum absolute atomic E-state index is 12.8. The highest BCUT2D eigenvalue weighted by molar-refractivity contribution is 5.97. The normalized spacial score (nSPS) is 18.3. The Kier molecular flexibility index (Phi) is 4.37. The Morgan fingerprint density at radius 1 is 0.857 bits per heavy atom. The molecule has 4 heterocycles. The summed E-state index contributed by atoms with van der Waals surface area (Å²) in [5.74, 6) is 1.13. The molecular formula is C21H22N6O. The molecule has 0 radical (unpaired) electrons. The predicted octanol–water partition coefficient (Wildman–Crippen LogP) is 1.67. The van der Waals surface area contributed by atoms with Crippen molar-refractivity contribution in [1.29, 1.82) is 0 Å². The van der Waals surface area contributed by atoms with Crippen LogP contribution in [0.25, 0.3) is 11.0 Å². The van der Waals surface area contributed by atoms with Crippen LogP contribution >= 0.6 is 0 Å². The number of carbonyl (C=O) groups is 1. The van der Waals surface area contributed by atoms with Gasteiger partial charge in [-0.05, 0) is 30.3 Å². The number of hydrogen-bond acceptors (Lipinski definition) is 6. The minimum absolute atomic E-state index is 0.0796. The molecule has 7 nitrogen and oxygen atoms in total. The summed E-state index contributed by atoms with van der Waals surface area (Å²) in [6.07, 6.45) is 5.16. The summed E-state index contributed by atoms with van der Waals surface area (Å²) in [5.41, 5.74) is 2.26. The Morgan fingerprint density at radius 2 is 1.64 bits per heavy atom. The molecule has 28 heavy (non-hydrogen) atoms. The lowest BCUT2D eigenvalue weighted by molar-refractivity contribution is 0.0246. The highest BCUT2D eigenvalue weighted by Crippen LogP contribution is 2.22. The lowest BCUT2D eigenvalue weighted by Gasteiger charge is -2.48. The number of carbonyl (C=O) groups excluding carboxylic acids is 1. The summed E-state index contributed by atoms with van der Waals surface area (Å²) in [6, 6.07) is 12.0. The van der Waals surface area contributed by atoms with Crippen molar-refractivity contribution in [3.8, 4) is 0 Å². The van der Waals surface area contributed by atoms with E-state index in [0.717, 1.165) is 56.1 Å². The average Bonchev–Trinajstić information content (AvgIpc) is 2.73. The molecule has 1 amide bonds. The van der Waals surface area contributed by atoms with Crippen molar-refractivity contribution in [3.63, 3.8) is 0 Å². The van der Waals surface area contributed by atoms with Crippen molar-refractivity contribution in [2.24, 2.45) is 0 Å². The van der Waals surface area contributed by atoms with E-state index in [1.165, 1.54) is 0 Å². The van der Waals surface area contributed by atoms with E-state index in [1.54, 1.807) is 12.4 Å². The molecule has 3 aromatic rings. The van der Waals surface area contributed by atoms with Gasteiger partial charge >= 0.3 is 0 Å². The Labute approximate surface area is 163 Å². The summed E-state index contributed by atoms with van der Waals surface area (Å²) in [6.45, 7) is 5.56. The summed E-state index contributed by atoms with van der Waals surface area (Å²) in [7, 11) is 0. The quantitative estimate of drug-likeness (QED) is 0.695. The van der Waals surface area contributed by atoms with Crippen LogP contribution in [-0.4, -0.2) is 76.0 Å². The van der Waals surface area contributed by atoms with Gasteiger partial charge in [-0.1, -0.05) is 6.07 Å². The lowest BCUT2D eigenvalue weighted by atomic mass is 10.0. The zero-order valence-electron chi connectivity index (χ0n) is 15.6. The largest absolute Gasteiger partial charge is 0.354 e. The first-order chi connectivity index (χ1) is 13.8. The SMILES string of the molecule is O=C(c1ccc2nccnc2c1)N1CC(N2CCN(c3ccccn3)CC2)C1. The zero-order valence-corrected chi connectivity index (χ0v) is 15.6. The van der Waals surface area contributed by atoms with Gasteiger partial charge < -0.3 is 9.80 Å². The van der Waals surface area contributed by atoms with Crippen molar-refractivity contribution >= 4 is 22.8 Å². The number of aromatic nitrogens is 3. The Bertz CT molecular complexity index is 980. The van der Waals surface area contributed by atoms with Gasteiger partial charge in [0.25, 0.3) is 5.91 Å². The summed E-state index contributed by atoms with van der Waals surface area (Å²) >= 11 is 0. The summed E-state index contributed by atoms with van der Waals surface area (Å²) in [4.78, 5) is 32.5. The van der Waals surface area contributed by atoms with Crippen LogP contribution in [0.5, 0.6) is 0 Å². The molecule has 7 heteroatoms. The minimum atomic E-state index is 0.0796. The van der Waals surface area contributed by atoms with Gasteiger partial charge in [0.1, 0.15) is 5.82 Å². The fourth-order valence-electron chi connectivity index (χ4n) is 3.99. The van der Waals surface area contributed by atoms with Crippen LogP contribution < -0.4 is 4.90 Å². The van der Waals surface area contributed by atoms with E-state index in [2.05, 4.69) is 30.8 Å². The van der Waals surface area contributed by atoms with Gasteiger partial charge in [0.05, 0.1) is 11.0 Å². The van der Waals surface area contributed by atoms with Gasteiger partial charge in [-0.3, -0.25) is 19.7 Å². The van der Waals surface area contributed by atoms with Gasteiger partial charge in [-0.25, -0.2) is 4.98 Å². The van der Waals surface area contributed by atoms with Crippen molar-refractivity contribution in [2.75, 3.05) is 44.2 Å². The van der Waals surface area contributed by atoms with Crippen molar-refractivity contribution < 1.29 is 4.79 Å². The fraction of sp³-hybridized carbons (Fsp3) is 0.333. The molecule has 0 N–H and O–H groups in total. The molecule has 0 saturated carbocycles. The molecule has 0 unspecified atom stereocenters. The van der Waals surface area contributed by atoms with E-state index < -0.39 is 0 Å². The van der Waals surface area contributed by atoms with Crippen LogP contribution in [0.3, 0.4) is 0 Å². The van der Waals surface area contributed by atoms with Gasteiger partial charge in [-0.15, -0.1) is 0 Å². The van der Waals surface area contributed by atoms with Crippen LogP contribution in [0.15, 0.2) is 55.0 Å². The molecule has 2 fully saturated rings. The van der Waals surface area contributed by atoms with Gasteiger partial charge in [0, 0.05) is 69.5 Å². The molecule has 142 valence electrons. The Hall–Kier alpha value is -3.06. The molecule has 2 saturated heterocycles. The van der Waals surface area contributed by atoms with E-state index >= 15 is 0 Å². The van der Waals surface area contributed by atoms with E-state index in [1.807, 2.05) is 41.4 Å². The maximum Gasteiger partial charge on any atom is 0.254 e. The van der Waals surface area contributed by atoms with Gasteiger partial charge in [0.2, 0.25) is 0 Å². The van der Waals surface area contributed by atoms with E-state index in [9.17, 15) is 4.79 Å². The van der Waals surface area contributed by atoms with Gasteiger partial charge in [0.15, 0.2) is 0 Å². The second-order valence-corrected chi connectivity index (χ2v) is 7.33. The molecule has 2 aliphatic heterocycles. The predicted molar refractivity (Wildman–Crippen MR) is 107 cm³/mol. The third kappa shape index (κ3) is 3.18. The molecule has 2 aromatic heterocycles. The topological polar surface area (TPSA) is 65.5 Å². The number of piperazine rings is 1. The third-order valence-corrected chi connectivity index (χ3v) is 5.67. The molecule has 2 aliphatic rings. The standard InChI is InChI=1S/C21H22N6O/c28-21(16-4-5-18-19(13-16)23-8-7-22-18)27-14-17(15-27)25-9-11-26(12-10-25)20-3-1-2-6-24-20/h1-8,13,17H,9-12,14-15H2. The van der Waals surface area contributed by atoms with Crippen molar-refractivity contribution in [2.45, 2.75) is 6.04 Å². The number of nitrogens with zero attached hydrogens (tertiary/aromatic N) is 6. The zero-order chi connectivity index (χ0) is 18.9. The Balaban J connectivity index is 1.17. The molecule has 0 spiro atoms. The van der Waals surface area contributed by atoms with Crippen LogP contribution in [0.4, 0.5) is 5.82 Å². The van der Waals surface area contributed by atoms with E-state index in [0.29, 0.717) is 11.6 Å². The molecule has 5 rings (SSSR count). The van der Waals surface area contributed by atoms with Crippen LogP contribution in [0.1, 0.15) is 10.4 Å². The van der Waals surface area contributed by atoms with Crippen molar-refractivity contribution in [1.82, 2.24) is 24.8 Å². The second kappa shape index (κ2) is 7.16. The second-order valence-electron chi connectivity index (χ2n) is 7.33.